The number of benzene rings is 1. The lowest BCUT2D eigenvalue weighted by Crippen LogP contribution is -2.39. The largest absolute Gasteiger partial charge is 0.374 e. The molecule has 0 bridgehead atoms. The molecule has 1 saturated carbocycles. The van der Waals surface area contributed by atoms with E-state index in [9.17, 15) is 9.59 Å². The molecule has 2 amide bonds. The van der Waals surface area contributed by atoms with Gasteiger partial charge in [0.1, 0.15) is 6.04 Å². The maximum atomic E-state index is 12.3. The number of nitrogens with zero attached hydrogens (tertiary/aromatic N) is 1. The zero-order chi connectivity index (χ0) is 15.5. The predicted molar refractivity (Wildman–Crippen MR) is 86.7 cm³/mol. The molecule has 2 N–H and O–H groups in total. The molecule has 5 heteroatoms. The Labute approximate surface area is 131 Å². The highest BCUT2D eigenvalue weighted by molar-refractivity contribution is 5.94. The molecule has 0 spiro atoms. The van der Waals surface area contributed by atoms with Crippen molar-refractivity contribution >= 4 is 23.2 Å². The summed E-state index contributed by atoms with van der Waals surface area (Å²) in [5.41, 5.74) is 1.64. The minimum Gasteiger partial charge on any atom is -0.374 e. The van der Waals surface area contributed by atoms with Crippen molar-refractivity contribution in [3.8, 4) is 0 Å². The van der Waals surface area contributed by atoms with Gasteiger partial charge in [0.2, 0.25) is 11.8 Å². The van der Waals surface area contributed by atoms with Crippen LogP contribution < -0.4 is 10.6 Å². The van der Waals surface area contributed by atoms with E-state index in [1.54, 1.807) is 0 Å². The van der Waals surface area contributed by atoms with E-state index >= 15 is 0 Å². The summed E-state index contributed by atoms with van der Waals surface area (Å²) >= 11 is 0. The number of amides is 2. The molecule has 2 fully saturated rings. The molecule has 1 saturated heterocycles. The van der Waals surface area contributed by atoms with Gasteiger partial charge in [-0.05, 0) is 50.8 Å². The Balaban J connectivity index is 1.59. The number of rotatable bonds is 5. The minimum absolute atomic E-state index is 0.0957. The summed E-state index contributed by atoms with van der Waals surface area (Å²) in [5.74, 6) is 0.426. The number of likely N-dealkylation sites (tertiary alicyclic amines) is 1. The third-order valence-electron chi connectivity index (χ3n) is 4.25. The third-order valence-corrected chi connectivity index (χ3v) is 4.25. The second-order valence-corrected chi connectivity index (χ2v) is 6.24. The summed E-state index contributed by atoms with van der Waals surface area (Å²) in [6, 6.07) is 7.30. The molecule has 1 heterocycles. The second-order valence-electron chi connectivity index (χ2n) is 6.24. The quantitative estimate of drug-likeness (QED) is 0.878. The van der Waals surface area contributed by atoms with Crippen LogP contribution >= 0.6 is 0 Å². The van der Waals surface area contributed by atoms with Gasteiger partial charge >= 0.3 is 0 Å². The lowest BCUT2D eigenvalue weighted by molar-refractivity contribution is -0.130. The lowest BCUT2D eigenvalue weighted by Gasteiger charge is -2.22. The number of nitrogens with one attached hydrogen (secondary N) is 2. The zero-order valence-corrected chi connectivity index (χ0v) is 13.0. The lowest BCUT2D eigenvalue weighted by atomic mass is 10.2. The molecule has 1 aliphatic carbocycles. The first-order valence-corrected chi connectivity index (χ1v) is 8.10. The van der Waals surface area contributed by atoms with Crippen molar-refractivity contribution < 1.29 is 9.59 Å². The molecular formula is C17H23N3O2. The van der Waals surface area contributed by atoms with Gasteiger partial charge in [-0.3, -0.25) is 9.59 Å². The third kappa shape index (κ3) is 3.59. The number of anilines is 2. The molecule has 0 aromatic heterocycles. The van der Waals surface area contributed by atoms with E-state index < -0.39 is 0 Å². The first kappa shape index (κ1) is 14.9. The SMILES string of the molecule is CC(Nc1cccc(NC(=O)C2CC2)c1)C(=O)N1CCCC1. The summed E-state index contributed by atoms with van der Waals surface area (Å²) in [4.78, 5) is 26.0. The predicted octanol–water partition coefficient (Wildman–Crippen LogP) is 2.46. The monoisotopic (exact) mass is 301 g/mol. The van der Waals surface area contributed by atoms with Crippen LogP contribution in [-0.2, 0) is 9.59 Å². The molecule has 118 valence electrons. The van der Waals surface area contributed by atoms with Crippen LogP contribution in [0, 0.1) is 5.92 Å². The first-order chi connectivity index (χ1) is 10.6. The number of carbonyl (C=O) groups is 2. The van der Waals surface area contributed by atoms with Crippen molar-refractivity contribution in [2.24, 2.45) is 5.92 Å². The highest BCUT2D eigenvalue weighted by atomic mass is 16.2. The summed E-state index contributed by atoms with van der Waals surface area (Å²) in [6.07, 6.45) is 4.18. The van der Waals surface area contributed by atoms with Gasteiger partial charge in [-0.2, -0.15) is 0 Å². The molecule has 1 aliphatic heterocycles. The van der Waals surface area contributed by atoms with Crippen LogP contribution in [0.1, 0.15) is 32.6 Å². The molecule has 1 unspecified atom stereocenters. The highest BCUT2D eigenvalue weighted by Gasteiger charge is 2.29. The van der Waals surface area contributed by atoms with Gasteiger partial charge in [-0.1, -0.05) is 6.07 Å². The molecule has 1 aromatic rings. The van der Waals surface area contributed by atoms with E-state index in [0.717, 1.165) is 50.1 Å². The number of hydrogen-bond acceptors (Lipinski definition) is 3. The van der Waals surface area contributed by atoms with Crippen LogP contribution in [0.2, 0.25) is 0 Å². The maximum absolute atomic E-state index is 12.3. The van der Waals surface area contributed by atoms with E-state index in [1.165, 1.54) is 0 Å². The molecular weight excluding hydrogens is 278 g/mol. The summed E-state index contributed by atoms with van der Waals surface area (Å²) in [5, 5.41) is 6.16. The Morgan fingerprint density at radius 1 is 1.18 bits per heavy atom. The normalized spacial score (nSPS) is 18.9. The average Bonchev–Trinajstić information content (AvgIpc) is 3.22. The maximum Gasteiger partial charge on any atom is 0.244 e. The summed E-state index contributed by atoms with van der Waals surface area (Å²) in [7, 11) is 0. The minimum atomic E-state index is -0.257. The Hall–Kier alpha value is -2.04. The fourth-order valence-electron chi connectivity index (χ4n) is 2.80. The molecule has 2 aliphatic rings. The van der Waals surface area contributed by atoms with E-state index in [0.29, 0.717) is 0 Å². The van der Waals surface area contributed by atoms with Crippen LogP contribution in [0.5, 0.6) is 0 Å². The first-order valence-electron chi connectivity index (χ1n) is 8.10. The van der Waals surface area contributed by atoms with Crippen LogP contribution in [0.3, 0.4) is 0 Å². The van der Waals surface area contributed by atoms with E-state index in [1.807, 2.05) is 36.1 Å². The summed E-state index contributed by atoms with van der Waals surface area (Å²) in [6.45, 7) is 3.61. The Morgan fingerprint density at radius 2 is 1.86 bits per heavy atom. The van der Waals surface area contributed by atoms with Crippen LogP contribution in [0.4, 0.5) is 11.4 Å². The van der Waals surface area contributed by atoms with Crippen LogP contribution in [-0.4, -0.2) is 35.8 Å². The molecule has 1 atom stereocenters. The topological polar surface area (TPSA) is 61.4 Å². The summed E-state index contributed by atoms with van der Waals surface area (Å²) < 4.78 is 0. The van der Waals surface area contributed by atoms with Gasteiger partial charge in [0.05, 0.1) is 0 Å². The molecule has 22 heavy (non-hydrogen) atoms. The average molecular weight is 301 g/mol. The highest BCUT2D eigenvalue weighted by Crippen LogP contribution is 2.30. The van der Waals surface area contributed by atoms with Crippen molar-refractivity contribution in [1.82, 2.24) is 4.90 Å². The smallest absolute Gasteiger partial charge is 0.244 e. The Bertz CT molecular complexity index is 563. The molecule has 3 rings (SSSR count). The van der Waals surface area contributed by atoms with Crippen molar-refractivity contribution in [2.75, 3.05) is 23.7 Å². The van der Waals surface area contributed by atoms with Gasteiger partial charge in [0, 0.05) is 30.4 Å². The van der Waals surface area contributed by atoms with Gasteiger partial charge in [-0.25, -0.2) is 0 Å². The molecule has 0 radical (unpaired) electrons. The number of carbonyl (C=O) groups excluding carboxylic acids is 2. The van der Waals surface area contributed by atoms with Gasteiger partial charge in [0.25, 0.3) is 0 Å². The van der Waals surface area contributed by atoms with Gasteiger partial charge in [0.15, 0.2) is 0 Å². The van der Waals surface area contributed by atoms with Gasteiger partial charge in [-0.15, -0.1) is 0 Å². The van der Waals surface area contributed by atoms with E-state index in [2.05, 4.69) is 10.6 Å². The van der Waals surface area contributed by atoms with Crippen LogP contribution in [0.15, 0.2) is 24.3 Å². The fraction of sp³-hybridized carbons (Fsp3) is 0.529. The van der Waals surface area contributed by atoms with Crippen molar-refractivity contribution in [2.45, 2.75) is 38.6 Å². The second kappa shape index (κ2) is 6.38. The van der Waals surface area contributed by atoms with Crippen LogP contribution in [0.25, 0.3) is 0 Å². The Kier molecular flexibility index (Phi) is 4.32. The molecule has 1 aromatic carbocycles. The van der Waals surface area contributed by atoms with E-state index in [4.69, 9.17) is 0 Å². The number of hydrogen-bond donors (Lipinski definition) is 2. The Morgan fingerprint density at radius 3 is 2.55 bits per heavy atom. The van der Waals surface area contributed by atoms with Crippen molar-refractivity contribution in [3.05, 3.63) is 24.3 Å². The zero-order valence-electron chi connectivity index (χ0n) is 13.0. The van der Waals surface area contributed by atoms with Gasteiger partial charge < -0.3 is 15.5 Å². The van der Waals surface area contributed by atoms with E-state index in [-0.39, 0.29) is 23.8 Å². The fourth-order valence-corrected chi connectivity index (χ4v) is 2.80. The van der Waals surface area contributed by atoms with Crippen molar-refractivity contribution in [1.29, 1.82) is 0 Å². The molecule has 5 nitrogen and oxygen atoms in total. The standard InChI is InChI=1S/C17H23N3O2/c1-12(17(22)20-9-2-3-10-20)18-14-5-4-6-15(11-14)19-16(21)13-7-8-13/h4-6,11-13,18H,2-3,7-10H2,1H3,(H,19,21). The van der Waals surface area contributed by atoms with Crippen molar-refractivity contribution in [3.63, 3.8) is 0 Å².